The normalized spacial score (nSPS) is 18.6. The molecule has 214 valence electrons. The number of amides is 1. The summed E-state index contributed by atoms with van der Waals surface area (Å²) in [5.41, 5.74) is 1.92. The summed E-state index contributed by atoms with van der Waals surface area (Å²) in [6.07, 6.45) is 0.758. The molecule has 8 nitrogen and oxygen atoms in total. The Morgan fingerprint density at radius 2 is 1.65 bits per heavy atom. The molecule has 2 aromatic carbocycles. The summed E-state index contributed by atoms with van der Waals surface area (Å²) in [4.78, 5) is 21.1. The maximum Gasteiger partial charge on any atom is 0.416 e. The summed E-state index contributed by atoms with van der Waals surface area (Å²) in [5, 5.41) is 6.20. The van der Waals surface area contributed by atoms with Gasteiger partial charge in [-0.05, 0) is 54.2 Å². The van der Waals surface area contributed by atoms with Crippen LogP contribution in [0.5, 0.6) is 0 Å². The van der Waals surface area contributed by atoms with Crippen LogP contribution in [-0.4, -0.2) is 47.2 Å². The third kappa shape index (κ3) is 7.23. The van der Waals surface area contributed by atoms with Crippen LogP contribution in [0.4, 0.5) is 13.2 Å². The smallest absolute Gasteiger partial charge is 0.351 e. The van der Waals surface area contributed by atoms with Crippen molar-refractivity contribution in [3.8, 4) is 0 Å². The monoisotopic (exact) mass is 575 g/mol. The minimum Gasteiger partial charge on any atom is -0.351 e. The van der Waals surface area contributed by atoms with Crippen LogP contribution < -0.4 is 10.6 Å². The number of nitrogens with one attached hydrogen (secondary N) is 2. The van der Waals surface area contributed by atoms with Gasteiger partial charge in [0, 0.05) is 43.6 Å². The maximum atomic E-state index is 13.6. The average Bonchev–Trinajstić information content (AvgIpc) is 2.95. The van der Waals surface area contributed by atoms with Crippen molar-refractivity contribution >= 4 is 15.9 Å². The molecule has 0 radical (unpaired) electrons. The fourth-order valence-corrected chi connectivity index (χ4v) is 6.23. The predicted molar refractivity (Wildman–Crippen MR) is 143 cm³/mol. The zero-order valence-corrected chi connectivity index (χ0v) is 23.0. The second-order valence-electron chi connectivity index (χ2n) is 10.1. The molecule has 1 fully saturated rings. The van der Waals surface area contributed by atoms with Gasteiger partial charge in [0.05, 0.1) is 10.5 Å². The first kappa shape index (κ1) is 29.6. The number of carbonyl (C=O) groups is 1. The van der Waals surface area contributed by atoms with E-state index in [0.717, 1.165) is 45.3 Å². The van der Waals surface area contributed by atoms with Crippen molar-refractivity contribution in [2.45, 2.75) is 68.9 Å². The molecule has 4 rings (SSSR count). The highest BCUT2D eigenvalue weighted by Gasteiger charge is 2.41. The lowest BCUT2D eigenvalue weighted by atomic mass is 9.98. The number of piperidine rings is 1. The van der Waals surface area contributed by atoms with Crippen LogP contribution in [0.1, 0.15) is 54.9 Å². The molecule has 2 atom stereocenters. The maximum absolute atomic E-state index is 13.6. The zero-order chi connectivity index (χ0) is 28.9. The molecule has 12 heteroatoms. The van der Waals surface area contributed by atoms with Crippen molar-refractivity contribution in [1.82, 2.24) is 24.9 Å². The third-order valence-electron chi connectivity index (χ3n) is 6.97. The van der Waals surface area contributed by atoms with Crippen molar-refractivity contribution in [1.29, 1.82) is 0 Å². The van der Waals surface area contributed by atoms with E-state index in [1.54, 1.807) is 12.4 Å². The average molecular weight is 576 g/mol. The van der Waals surface area contributed by atoms with Crippen LogP contribution in [0.15, 0.2) is 72.1 Å². The molecule has 1 aromatic heterocycles. The first-order valence-electron chi connectivity index (χ1n) is 13.0. The number of hydrogen-bond donors (Lipinski definition) is 2. The van der Waals surface area contributed by atoms with Gasteiger partial charge in [-0.25, -0.2) is 18.4 Å². The molecule has 0 spiro atoms. The van der Waals surface area contributed by atoms with Crippen LogP contribution >= 0.6 is 0 Å². The van der Waals surface area contributed by atoms with E-state index < -0.39 is 33.7 Å². The lowest BCUT2D eigenvalue weighted by molar-refractivity contribution is -0.137. The highest BCUT2D eigenvalue weighted by molar-refractivity contribution is 7.89. The van der Waals surface area contributed by atoms with Crippen molar-refractivity contribution in [3.63, 3.8) is 0 Å². The van der Waals surface area contributed by atoms with Crippen molar-refractivity contribution < 1.29 is 26.4 Å². The number of alkyl halides is 3. The molecular formula is C28H32F3N5O3S. The van der Waals surface area contributed by atoms with Crippen molar-refractivity contribution in [2.75, 3.05) is 6.54 Å². The van der Waals surface area contributed by atoms with Crippen molar-refractivity contribution in [3.05, 3.63) is 89.5 Å². The van der Waals surface area contributed by atoms with Gasteiger partial charge in [-0.1, -0.05) is 38.1 Å². The molecule has 1 aliphatic rings. The summed E-state index contributed by atoms with van der Waals surface area (Å²) >= 11 is 0. The Bertz CT molecular complexity index is 1380. The van der Waals surface area contributed by atoms with Gasteiger partial charge in [0.2, 0.25) is 15.9 Å². The summed E-state index contributed by atoms with van der Waals surface area (Å²) in [6.45, 7) is 4.84. The summed E-state index contributed by atoms with van der Waals surface area (Å²) in [6, 6.07) is 9.91. The van der Waals surface area contributed by atoms with E-state index in [-0.39, 0.29) is 30.4 Å². The Kier molecular flexibility index (Phi) is 9.22. The van der Waals surface area contributed by atoms with Gasteiger partial charge >= 0.3 is 6.18 Å². The standard InChI is InChI=1S/C28H32F3N5O3S/c1-19(2)22-5-3-20(4-6-22)16-35-27(37)26-13-24(34-17-21-14-32-18-33-15-21)11-12-36(26)40(38,39)25-9-7-23(8-10-25)28(29,30)31/h3-10,14-15,18-19,24,26,34H,11-13,16-17H2,1-2H3,(H,35,37)/t24-,26-/m1/s1. The van der Waals surface area contributed by atoms with Gasteiger partial charge in [-0.15, -0.1) is 0 Å². The molecule has 1 aliphatic heterocycles. The first-order valence-corrected chi connectivity index (χ1v) is 14.4. The number of halogens is 3. The fourth-order valence-electron chi connectivity index (χ4n) is 4.62. The Morgan fingerprint density at radius 3 is 2.25 bits per heavy atom. The van der Waals surface area contributed by atoms with E-state index in [2.05, 4.69) is 34.4 Å². The van der Waals surface area contributed by atoms with Crippen LogP contribution in [0.2, 0.25) is 0 Å². The Hall–Kier alpha value is -3.35. The predicted octanol–water partition coefficient (Wildman–Crippen LogP) is 4.25. The fraction of sp³-hybridized carbons (Fsp3) is 0.393. The van der Waals surface area contributed by atoms with Gasteiger partial charge in [-0.2, -0.15) is 17.5 Å². The zero-order valence-electron chi connectivity index (χ0n) is 22.2. The highest BCUT2D eigenvalue weighted by atomic mass is 32.2. The van der Waals surface area contributed by atoms with Crippen LogP contribution in [0.3, 0.4) is 0 Å². The molecular weight excluding hydrogens is 543 g/mol. The topological polar surface area (TPSA) is 104 Å². The van der Waals surface area contributed by atoms with E-state index in [0.29, 0.717) is 18.9 Å². The van der Waals surface area contributed by atoms with E-state index in [4.69, 9.17) is 0 Å². The first-order chi connectivity index (χ1) is 18.9. The SMILES string of the molecule is CC(C)c1ccc(CNC(=O)[C@H]2C[C@H](NCc3cncnc3)CCN2S(=O)(=O)c2ccc(C(F)(F)F)cc2)cc1. The van der Waals surface area contributed by atoms with E-state index in [1.807, 2.05) is 24.3 Å². The highest BCUT2D eigenvalue weighted by Crippen LogP contribution is 2.31. The lowest BCUT2D eigenvalue weighted by Gasteiger charge is -2.38. The Labute approximate surface area is 232 Å². The number of aromatic nitrogens is 2. The molecule has 2 heterocycles. The third-order valence-corrected chi connectivity index (χ3v) is 8.89. The van der Waals surface area contributed by atoms with Crippen molar-refractivity contribution in [2.24, 2.45) is 0 Å². The molecule has 1 saturated heterocycles. The number of rotatable bonds is 9. The van der Waals surface area contributed by atoms with Gasteiger partial charge in [0.25, 0.3) is 0 Å². The number of benzene rings is 2. The van der Waals surface area contributed by atoms with Crippen LogP contribution in [0.25, 0.3) is 0 Å². The van der Waals surface area contributed by atoms with E-state index in [1.165, 1.54) is 6.33 Å². The molecule has 1 amide bonds. The van der Waals surface area contributed by atoms with E-state index >= 15 is 0 Å². The molecule has 0 aliphatic carbocycles. The van der Waals surface area contributed by atoms with Gasteiger partial charge < -0.3 is 10.6 Å². The second kappa shape index (κ2) is 12.4. The molecule has 3 aromatic rings. The number of sulfonamides is 1. The van der Waals surface area contributed by atoms with Gasteiger partial charge in [0.1, 0.15) is 12.4 Å². The quantitative estimate of drug-likeness (QED) is 0.396. The molecule has 40 heavy (non-hydrogen) atoms. The summed E-state index contributed by atoms with van der Waals surface area (Å²) in [7, 11) is -4.25. The molecule has 0 bridgehead atoms. The summed E-state index contributed by atoms with van der Waals surface area (Å²) < 4.78 is 67.3. The lowest BCUT2D eigenvalue weighted by Crippen LogP contribution is -2.56. The molecule has 2 N–H and O–H groups in total. The van der Waals surface area contributed by atoms with E-state index in [9.17, 15) is 26.4 Å². The number of hydrogen-bond acceptors (Lipinski definition) is 6. The Balaban J connectivity index is 1.52. The second-order valence-corrected chi connectivity index (χ2v) is 12.0. The minimum atomic E-state index is -4.59. The molecule has 0 unspecified atom stereocenters. The largest absolute Gasteiger partial charge is 0.416 e. The summed E-state index contributed by atoms with van der Waals surface area (Å²) in [5.74, 6) is -0.111. The number of nitrogens with zero attached hydrogens (tertiary/aromatic N) is 3. The van der Waals surface area contributed by atoms with Gasteiger partial charge in [0.15, 0.2) is 0 Å². The number of carbonyl (C=O) groups excluding carboxylic acids is 1. The van der Waals surface area contributed by atoms with Crippen LogP contribution in [-0.2, 0) is 34.1 Å². The minimum absolute atomic E-state index is 0.0213. The molecule has 0 saturated carbocycles. The van der Waals surface area contributed by atoms with Crippen LogP contribution in [0, 0.1) is 0 Å². The van der Waals surface area contributed by atoms with Gasteiger partial charge in [-0.3, -0.25) is 4.79 Å². The Morgan fingerprint density at radius 1 is 1.00 bits per heavy atom.